The van der Waals surface area contributed by atoms with Crippen LogP contribution < -0.4 is 5.32 Å². The topological polar surface area (TPSA) is 62.2 Å². The lowest BCUT2D eigenvalue weighted by Gasteiger charge is -2.22. The van der Waals surface area contributed by atoms with Gasteiger partial charge in [0.15, 0.2) is 0 Å². The highest BCUT2D eigenvalue weighted by Crippen LogP contribution is 2.10. The minimum absolute atomic E-state index is 0.225. The molecule has 1 heterocycles. The Hall–Kier alpha value is -0.590. The van der Waals surface area contributed by atoms with Crippen LogP contribution >= 0.6 is 27.7 Å². The van der Waals surface area contributed by atoms with Gasteiger partial charge in [0, 0.05) is 18.5 Å². The second-order valence-corrected chi connectivity index (χ2v) is 5.66. The van der Waals surface area contributed by atoms with E-state index in [4.69, 9.17) is 0 Å². The molecule has 4 nitrogen and oxygen atoms in total. The molecule has 1 atom stereocenters. The normalized spacial score (nSPS) is 14.1. The molecule has 1 aromatic rings. The highest BCUT2D eigenvalue weighted by molar-refractivity contribution is 9.10. The largest absolute Gasteiger partial charge is 0.387 e. The van der Waals surface area contributed by atoms with Gasteiger partial charge in [-0.05, 0) is 41.2 Å². The number of aliphatic hydroxyl groups is 1. The van der Waals surface area contributed by atoms with Crippen molar-refractivity contribution in [3.8, 4) is 0 Å². The summed E-state index contributed by atoms with van der Waals surface area (Å²) >= 11 is 4.74. The summed E-state index contributed by atoms with van der Waals surface area (Å²) in [6, 6.07) is 3.38. The van der Waals surface area contributed by atoms with Crippen LogP contribution in [0.25, 0.3) is 0 Å². The van der Waals surface area contributed by atoms with E-state index < -0.39 is 5.60 Å². The molecule has 1 unspecified atom stereocenters. The van der Waals surface area contributed by atoms with Crippen molar-refractivity contribution in [2.24, 2.45) is 0 Å². The summed E-state index contributed by atoms with van der Waals surface area (Å²) in [6.45, 7) is 1.92. The quantitative estimate of drug-likeness (QED) is 0.811. The van der Waals surface area contributed by atoms with Crippen molar-refractivity contribution in [3.05, 3.63) is 28.5 Å². The van der Waals surface area contributed by atoms with Crippen LogP contribution in [0.1, 0.15) is 17.3 Å². The fourth-order valence-electron chi connectivity index (χ4n) is 1.24. The summed E-state index contributed by atoms with van der Waals surface area (Å²) < 4.78 is 0.684. The van der Waals surface area contributed by atoms with E-state index >= 15 is 0 Å². The zero-order valence-electron chi connectivity index (χ0n) is 9.74. The van der Waals surface area contributed by atoms with Gasteiger partial charge in [-0.1, -0.05) is 0 Å². The van der Waals surface area contributed by atoms with Crippen LogP contribution in [0.15, 0.2) is 22.9 Å². The van der Waals surface area contributed by atoms with Gasteiger partial charge in [0.05, 0.1) is 11.2 Å². The van der Waals surface area contributed by atoms with Gasteiger partial charge < -0.3 is 10.4 Å². The van der Waals surface area contributed by atoms with Gasteiger partial charge in [-0.3, -0.25) is 4.79 Å². The standard InChI is InChI=1S/C11H15BrN2O2S/c1-11(16,7-17-2)6-14-10(15)8-3-4-9(12)13-5-8/h3-5,16H,6-7H2,1-2H3,(H,14,15). The fraction of sp³-hybridized carbons (Fsp3) is 0.455. The molecular formula is C11H15BrN2O2S. The van der Waals surface area contributed by atoms with Gasteiger partial charge in [0.1, 0.15) is 4.60 Å². The van der Waals surface area contributed by atoms with E-state index in [2.05, 4.69) is 26.2 Å². The molecule has 1 amide bonds. The first-order valence-electron chi connectivity index (χ1n) is 5.06. The third-order valence-electron chi connectivity index (χ3n) is 2.07. The van der Waals surface area contributed by atoms with Crippen LogP contribution in [-0.4, -0.2) is 40.2 Å². The molecular weight excluding hydrogens is 304 g/mol. The molecule has 6 heteroatoms. The van der Waals surface area contributed by atoms with E-state index in [1.807, 2.05) is 6.26 Å². The number of thioether (sulfide) groups is 1. The maximum atomic E-state index is 11.7. The van der Waals surface area contributed by atoms with Crippen LogP contribution in [0.3, 0.4) is 0 Å². The smallest absolute Gasteiger partial charge is 0.252 e. The van der Waals surface area contributed by atoms with E-state index in [0.717, 1.165) is 0 Å². The highest BCUT2D eigenvalue weighted by atomic mass is 79.9. The molecule has 0 aromatic carbocycles. The molecule has 0 radical (unpaired) electrons. The average Bonchev–Trinajstić information content (AvgIpc) is 2.27. The van der Waals surface area contributed by atoms with Crippen molar-refractivity contribution in [1.82, 2.24) is 10.3 Å². The number of nitrogens with zero attached hydrogens (tertiary/aromatic N) is 1. The van der Waals surface area contributed by atoms with Gasteiger partial charge in [0.25, 0.3) is 5.91 Å². The van der Waals surface area contributed by atoms with Crippen LogP contribution in [-0.2, 0) is 0 Å². The minimum atomic E-state index is -0.891. The number of amides is 1. The molecule has 0 aliphatic rings. The number of pyridine rings is 1. The number of aromatic nitrogens is 1. The molecule has 0 saturated heterocycles. The second kappa shape index (κ2) is 6.37. The van der Waals surface area contributed by atoms with E-state index in [9.17, 15) is 9.90 Å². The first-order chi connectivity index (χ1) is 7.94. The Labute approximate surface area is 113 Å². The lowest BCUT2D eigenvalue weighted by molar-refractivity contribution is 0.0725. The molecule has 0 fully saturated rings. The molecule has 17 heavy (non-hydrogen) atoms. The van der Waals surface area contributed by atoms with Gasteiger partial charge >= 0.3 is 0 Å². The predicted molar refractivity (Wildman–Crippen MR) is 73.3 cm³/mol. The highest BCUT2D eigenvalue weighted by Gasteiger charge is 2.20. The summed E-state index contributed by atoms with van der Waals surface area (Å²) in [4.78, 5) is 15.7. The summed E-state index contributed by atoms with van der Waals surface area (Å²) in [5.41, 5.74) is -0.411. The number of rotatable bonds is 5. The van der Waals surface area contributed by atoms with Crippen molar-refractivity contribution >= 4 is 33.6 Å². The molecule has 0 saturated carbocycles. The molecule has 1 aromatic heterocycles. The van der Waals surface area contributed by atoms with Crippen LogP contribution in [0.5, 0.6) is 0 Å². The van der Waals surface area contributed by atoms with Gasteiger partial charge in [-0.2, -0.15) is 11.8 Å². The Kier molecular flexibility index (Phi) is 5.42. The second-order valence-electron chi connectivity index (χ2n) is 3.98. The average molecular weight is 319 g/mol. The van der Waals surface area contributed by atoms with Crippen LogP contribution in [0, 0.1) is 0 Å². The molecule has 0 aliphatic heterocycles. The van der Waals surface area contributed by atoms with E-state index in [1.165, 1.54) is 18.0 Å². The molecule has 94 valence electrons. The van der Waals surface area contributed by atoms with Crippen LogP contribution in [0.4, 0.5) is 0 Å². The molecule has 0 aliphatic carbocycles. The zero-order chi connectivity index (χ0) is 12.9. The zero-order valence-corrected chi connectivity index (χ0v) is 12.1. The monoisotopic (exact) mass is 318 g/mol. The van der Waals surface area contributed by atoms with Crippen molar-refractivity contribution in [3.63, 3.8) is 0 Å². The molecule has 2 N–H and O–H groups in total. The Morgan fingerprint density at radius 1 is 1.65 bits per heavy atom. The Morgan fingerprint density at radius 3 is 2.88 bits per heavy atom. The Bertz CT molecular complexity index is 382. The first-order valence-corrected chi connectivity index (χ1v) is 7.24. The molecule has 0 spiro atoms. The van der Waals surface area contributed by atoms with Gasteiger partial charge in [-0.25, -0.2) is 4.98 Å². The van der Waals surface area contributed by atoms with Crippen molar-refractivity contribution < 1.29 is 9.90 Å². The predicted octanol–water partition coefficient (Wildman–Crippen LogP) is 1.69. The SMILES string of the molecule is CSCC(C)(O)CNC(=O)c1ccc(Br)nc1. The number of halogens is 1. The minimum Gasteiger partial charge on any atom is -0.387 e. The third-order valence-corrected chi connectivity index (χ3v) is 3.45. The number of carbonyl (C=O) groups is 1. The number of hydrogen-bond donors (Lipinski definition) is 2. The summed E-state index contributed by atoms with van der Waals surface area (Å²) in [5, 5.41) is 12.6. The van der Waals surface area contributed by atoms with E-state index in [1.54, 1.807) is 19.1 Å². The van der Waals surface area contributed by atoms with Crippen molar-refractivity contribution in [2.45, 2.75) is 12.5 Å². The van der Waals surface area contributed by atoms with E-state index in [0.29, 0.717) is 15.9 Å². The number of hydrogen-bond acceptors (Lipinski definition) is 4. The van der Waals surface area contributed by atoms with Crippen molar-refractivity contribution in [2.75, 3.05) is 18.6 Å². The fourth-order valence-corrected chi connectivity index (χ4v) is 2.20. The van der Waals surface area contributed by atoms with Crippen LogP contribution in [0.2, 0.25) is 0 Å². The summed E-state index contributed by atoms with van der Waals surface area (Å²) in [5.74, 6) is 0.345. The summed E-state index contributed by atoms with van der Waals surface area (Å²) in [6.07, 6.45) is 3.40. The number of nitrogens with one attached hydrogen (secondary N) is 1. The van der Waals surface area contributed by atoms with Crippen molar-refractivity contribution in [1.29, 1.82) is 0 Å². The third kappa shape index (κ3) is 5.06. The van der Waals surface area contributed by atoms with E-state index in [-0.39, 0.29) is 12.5 Å². The maximum absolute atomic E-state index is 11.7. The summed E-state index contributed by atoms with van der Waals surface area (Å²) in [7, 11) is 0. The van der Waals surface area contributed by atoms with Gasteiger partial charge in [0.2, 0.25) is 0 Å². The molecule has 0 bridgehead atoms. The molecule has 1 rings (SSSR count). The lowest BCUT2D eigenvalue weighted by atomic mass is 10.1. The Morgan fingerprint density at radius 2 is 2.35 bits per heavy atom. The first kappa shape index (κ1) is 14.5. The Balaban J connectivity index is 2.53. The maximum Gasteiger partial charge on any atom is 0.252 e. The van der Waals surface area contributed by atoms with Gasteiger partial charge in [-0.15, -0.1) is 0 Å². The lowest BCUT2D eigenvalue weighted by Crippen LogP contribution is -2.42. The number of carbonyl (C=O) groups excluding carboxylic acids is 1.